The molecule has 0 saturated carbocycles. The second-order valence-corrected chi connectivity index (χ2v) is 4.37. The van der Waals surface area contributed by atoms with E-state index in [9.17, 15) is 4.39 Å². The van der Waals surface area contributed by atoms with Gasteiger partial charge in [-0.15, -0.1) is 0 Å². The van der Waals surface area contributed by atoms with E-state index in [4.69, 9.17) is 4.74 Å². The molecule has 16 heavy (non-hydrogen) atoms. The summed E-state index contributed by atoms with van der Waals surface area (Å²) in [5.41, 5.74) is 1.90. The van der Waals surface area contributed by atoms with Crippen molar-refractivity contribution in [2.45, 2.75) is 32.2 Å². The normalized spacial score (nSPS) is 20.8. The molecule has 1 atom stereocenters. The van der Waals surface area contributed by atoms with Gasteiger partial charge in [-0.3, -0.25) is 0 Å². The summed E-state index contributed by atoms with van der Waals surface area (Å²) < 4.78 is 18.9. The van der Waals surface area contributed by atoms with Gasteiger partial charge in [0.05, 0.1) is 7.11 Å². The first-order chi connectivity index (χ1) is 7.72. The summed E-state index contributed by atoms with van der Waals surface area (Å²) in [6.45, 7) is 2.91. The predicted molar refractivity (Wildman–Crippen MR) is 62.3 cm³/mol. The van der Waals surface area contributed by atoms with Crippen molar-refractivity contribution in [3.8, 4) is 5.75 Å². The first-order valence-corrected chi connectivity index (χ1v) is 5.80. The lowest BCUT2D eigenvalue weighted by atomic mass is 9.95. The second-order valence-electron chi connectivity index (χ2n) is 4.37. The van der Waals surface area contributed by atoms with E-state index in [0.29, 0.717) is 5.75 Å². The molecule has 2 nitrogen and oxygen atoms in total. The Hall–Kier alpha value is -1.09. The number of hydrogen-bond acceptors (Lipinski definition) is 2. The minimum Gasteiger partial charge on any atom is -0.493 e. The van der Waals surface area contributed by atoms with E-state index in [1.165, 1.54) is 26.0 Å². The third-order valence-corrected chi connectivity index (χ3v) is 3.11. The van der Waals surface area contributed by atoms with E-state index in [0.717, 1.165) is 24.1 Å². The molecule has 0 bridgehead atoms. The van der Waals surface area contributed by atoms with Gasteiger partial charge in [-0.2, -0.15) is 0 Å². The Labute approximate surface area is 95.8 Å². The van der Waals surface area contributed by atoms with Crippen LogP contribution in [0.5, 0.6) is 5.75 Å². The number of ether oxygens (including phenoxy) is 1. The Morgan fingerprint density at radius 3 is 2.81 bits per heavy atom. The molecule has 1 aliphatic rings. The molecule has 88 valence electrons. The highest BCUT2D eigenvalue weighted by Gasteiger charge is 2.21. The van der Waals surface area contributed by atoms with Crippen LogP contribution >= 0.6 is 0 Å². The van der Waals surface area contributed by atoms with Crippen LogP contribution in [0.4, 0.5) is 4.39 Å². The number of benzene rings is 1. The fourth-order valence-electron chi connectivity index (χ4n) is 2.35. The summed E-state index contributed by atoms with van der Waals surface area (Å²) in [4.78, 5) is 0. The second kappa shape index (κ2) is 4.83. The average Bonchev–Trinajstić information content (AvgIpc) is 2.29. The van der Waals surface area contributed by atoms with Crippen molar-refractivity contribution < 1.29 is 9.13 Å². The summed E-state index contributed by atoms with van der Waals surface area (Å²) in [5.74, 6) is 0.134. The summed E-state index contributed by atoms with van der Waals surface area (Å²) in [7, 11) is 1.53. The molecule has 1 heterocycles. The van der Waals surface area contributed by atoms with Crippen molar-refractivity contribution in [1.82, 2.24) is 5.32 Å². The molecule has 0 aromatic heterocycles. The van der Waals surface area contributed by atoms with Crippen LogP contribution in [-0.4, -0.2) is 13.7 Å². The van der Waals surface area contributed by atoms with Gasteiger partial charge in [-0.1, -0.05) is 12.5 Å². The van der Waals surface area contributed by atoms with E-state index in [1.54, 1.807) is 0 Å². The zero-order valence-corrected chi connectivity index (χ0v) is 9.85. The largest absolute Gasteiger partial charge is 0.493 e. The Balaban J connectivity index is 2.36. The van der Waals surface area contributed by atoms with E-state index < -0.39 is 0 Å². The number of rotatable bonds is 2. The Morgan fingerprint density at radius 1 is 1.38 bits per heavy atom. The highest BCUT2D eigenvalue weighted by molar-refractivity contribution is 5.40. The molecule has 1 unspecified atom stereocenters. The molecule has 1 saturated heterocycles. The topological polar surface area (TPSA) is 21.3 Å². The molecule has 0 spiro atoms. The fourth-order valence-corrected chi connectivity index (χ4v) is 2.35. The first kappa shape index (κ1) is 11.4. The zero-order chi connectivity index (χ0) is 11.5. The van der Waals surface area contributed by atoms with Gasteiger partial charge in [0, 0.05) is 11.6 Å². The van der Waals surface area contributed by atoms with Crippen molar-refractivity contribution in [2.75, 3.05) is 13.7 Å². The van der Waals surface area contributed by atoms with Crippen LogP contribution in [0, 0.1) is 12.7 Å². The lowest BCUT2D eigenvalue weighted by Crippen LogP contribution is -2.27. The van der Waals surface area contributed by atoms with Gasteiger partial charge in [0.2, 0.25) is 0 Å². The van der Waals surface area contributed by atoms with Gasteiger partial charge in [0.25, 0.3) is 0 Å². The monoisotopic (exact) mass is 223 g/mol. The Kier molecular flexibility index (Phi) is 3.44. The number of methoxy groups -OCH3 is 1. The fraction of sp³-hybridized carbons (Fsp3) is 0.538. The van der Waals surface area contributed by atoms with Crippen LogP contribution < -0.4 is 10.1 Å². The SMILES string of the molecule is COc1c(F)cc(C)cc1C1CCCCN1. The molecule has 0 aliphatic carbocycles. The third-order valence-electron chi connectivity index (χ3n) is 3.11. The molecule has 1 fully saturated rings. The Bertz CT molecular complexity index is 372. The summed E-state index contributed by atoms with van der Waals surface area (Å²) in [5, 5.41) is 3.42. The minimum atomic E-state index is -0.259. The van der Waals surface area contributed by atoms with E-state index in [2.05, 4.69) is 5.32 Å². The molecule has 3 heteroatoms. The van der Waals surface area contributed by atoms with E-state index >= 15 is 0 Å². The molecule has 0 radical (unpaired) electrons. The number of piperidine rings is 1. The molecule has 1 aliphatic heterocycles. The van der Waals surface area contributed by atoms with Crippen molar-refractivity contribution >= 4 is 0 Å². The highest BCUT2D eigenvalue weighted by atomic mass is 19.1. The lowest BCUT2D eigenvalue weighted by Gasteiger charge is -2.25. The summed E-state index contributed by atoms with van der Waals surface area (Å²) >= 11 is 0. The Morgan fingerprint density at radius 2 is 2.19 bits per heavy atom. The number of hydrogen-bond donors (Lipinski definition) is 1. The molecule has 1 N–H and O–H groups in total. The van der Waals surface area contributed by atoms with Crippen LogP contribution in [0.15, 0.2) is 12.1 Å². The molecular formula is C13H18FNO. The molecule has 0 amide bonds. The smallest absolute Gasteiger partial charge is 0.165 e. The number of halogens is 1. The van der Waals surface area contributed by atoms with Gasteiger partial charge in [-0.05, 0) is 37.9 Å². The molecule has 1 aromatic rings. The van der Waals surface area contributed by atoms with Gasteiger partial charge in [0.15, 0.2) is 11.6 Å². The minimum absolute atomic E-state index is 0.234. The van der Waals surface area contributed by atoms with Crippen molar-refractivity contribution in [3.63, 3.8) is 0 Å². The highest BCUT2D eigenvalue weighted by Crippen LogP contribution is 2.33. The van der Waals surface area contributed by atoms with Gasteiger partial charge >= 0.3 is 0 Å². The maximum absolute atomic E-state index is 13.7. The van der Waals surface area contributed by atoms with Crippen molar-refractivity contribution in [1.29, 1.82) is 0 Å². The van der Waals surface area contributed by atoms with Crippen LogP contribution in [0.2, 0.25) is 0 Å². The predicted octanol–water partition coefficient (Wildman–Crippen LogP) is 2.96. The van der Waals surface area contributed by atoms with Gasteiger partial charge in [0.1, 0.15) is 0 Å². The van der Waals surface area contributed by atoms with Crippen LogP contribution in [0.25, 0.3) is 0 Å². The third kappa shape index (κ3) is 2.19. The van der Waals surface area contributed by atoms with Crippen LogP contribution in [-0.2, 0) is 0 Å². The van der Waals surface area contributed by atoms with E-state index in [-0.39, 0.29) is 11.9 Å². The van der Waals surface area contributed by atoms with Crippen molar-refractivity contribution in [2.24, 2.45) is 0 Å². The standard InChI is InChI=1S/C13H18FNO/c1-9-7-10(12-5-3-4-6-15-12)13(16-2)11(14)8-9/h7-8,12,15H,3-6H2,1-2H3. The van der Waals surface area contributed by atoms with Gasteiger partial charge in [-0.25, -0.2) is 4.39 Å². The first-order valence-electron chi connectivity index (χ1n) is 5.80. The number of aryl methyl sites for hydroxylation is 1. The van der Waals surface area contributed by atoms with E-state index in [1.807, 2.05) is 13.0 Å². The van der Waals surface area contributed by atoms with Gasteiger partial charge < -0.3 is 10.1 Å². The van der Waals surface area contributed by atoms with Crippen molar-refractivity contribution in [3.05, 3.63) is 29.1 Å². The van der Waals surface area contributed by atoms with Crippen LogP contribution in [0.1, 0.15) is 36.4 Å². The zero-order valence-electron chi connectivity index (χ0n) is 9.85. The summed E-state index contributed by atoms with van der Waals surface area (Å²) in [6, 6.07) is 3.77. The lowest BCUT2D eigenvalue weighted by molar-refractivity contribution is 0.355. The quantitative estimate of drug-likeness (QED) is 0.832. The maximum Gasteiger partial charge on any atom is 0.165 e. The molecule has 1 aromatic carbocycles. The van der Waals surface area contributed by atoms with Crippen LogP contribution in [0.3, 0.4) is 0 Å². The molecular weight excluding hydrogens is 205 g/mol. The maximum atomic E-state index is 13.7. The average molecular weight is 223 g/mol. The summed E-state index contributed by atoms with van der Waals surface area (Å²) in [6.07, 6.45) is 3.45. The molecule has 2 rings (SSSR count). The number of nitrogens with one attached hydrogen (secondary N) is 1.